The molecular formula is C22H22ClNO4. The molecule has 3 rings (SSSR count). The number of phenolic OH excluding ortho intramolecular Hbond substituents is 1. The number of benzene rings is 2. The molecule has 0 fully saturated rings. The fourth-order valence-corrected chi connectivity index (χ4v) is 3.40. The van der Waals surface area contributed by atoms with Crippen LogP contribution in [0.2, 0.25) is 5.02 Å². The molecule has 146 valence electrons. The lowest BCUT2D eigenvalue weighted by Crippen LogP contribution is -2.20. The molecule has 2 N–H and O–H groups in total. The van der Waals surface area contributed by atoms with Crippen molar-refractivity contribution in [3.63, 3.8) is 0 Å². The summed E-state index contributed by atoms with van der Waals surface area (Å²) in [7, 11) is 2.98. The predicted octanol–water partition coefficient (Wildman–Crippen LogP) is 4.34. The molecule has 0 spiro atoms. The van der Waals surface area contributed by atoms with Gasteiger partial charge in [-0.05, 0) is 42.3 Å². The van der Waals surface area contributed by atoms with Crippen LogP contribution in [-0.4, -0.2) is 38.2 Å². The van der Waals surface area contributed by atoms with Crippen LogP contribution < -0.4 is 14.8 Å². The Morgan fingerprint density at radius 2 is 1.96 bits per heavy atom. The Morgan fingerprint density at radius 3 is 2.61 bits per heavy atom. The topological polar surface area (TPSA) is 67.8 Å². The third kappa shape index (κ3) is 4.06. The second-order valence-electron chi connectivity index (χ2n) is 6.28. The average Bonchev–Trinajstić information content (AvgIpc) is 2.72. The lowest BCUT2D eigenvalue weighted by molar-refractivity contribution is 0.104. The number of halogens is 1. The van der Waals surface area contributed by atoms with Crippen LogP contribution in [0.5, 0.6) is 17.2 Å². The first kappa shape index (κ1) is 20.0. The second-order valence-corrected chi connectivity index (χ2v) is 6.69. The maximum atomic E-state index is 12.9. The SMILES string of the molecule is COc1cc(OC)c(C2=CCNCC2)c(O)c1C(=O)/C=C/c1ccccc1Cl. The van der Waals surface area contributed by atoms with Gasteiger partial charge in [0.15, 0.2) is 5.78 Å². The fourth-order valence-electron chi connectivity index (χ4n) is 3.20. The first-order chi connectivity index (χ1) is 13.6. The molecule has 1 aliphatic rings. The maximum Gasteiger partial charge on any atom is 0.193 e. The summed E-state index contributed by atoms with van der Waals surface area (Å²) in [5.74, 6) is 0.196. The van der Waals surface area contributed by atoms with Crippen LogP contribution in [0, 0.1) is 0 Å². The van der Waals surface area contributed by atoms with E-state index in [0.717, 1.165) is 18.5 Å². The van der Waals surface area contributed by atoms with Gasteiger partial charge < -0.3 is 19.9 Å². The number of ether oxygens (including phenoxy) is 2. The zero-order chi connectivity index (χ0) is 20.1. The van der Waals surface area contributed by atoms with E-state index < -0.39 is 0 Å². The Morgan fingerprint density at radius 1 is 1.21 bits per heavy atom. The molecular weight excluding hydrogens is 378 g/mol. The minimum absolute atomic E-state index is 0.0982. The van der Waals surface area contributed by atoms with Crippen molar-refractivity contribution >= 4 is 29.0 Å². The molecule has 0 bridgehead atoms. The quantitative estimate of drug-likeness (QED) is 0.558. The first-order valence-electron chi connectivity index (χ1n) is 8.91. The van der Waals surface area contributed by atoms with Gasteiger partial charge in [-0.1, -0.05) is 35.9 Å². The minimum atomic E-state index is -0.382. The minimum Gasteiger partial charge on any atom is -0.506 e. The number of methoxy groups -OCH3 is 2. The standard InChI is InChI=1S/C22H22ClNO4/c1-27-18-13-19(28-2)21(22(26)20(18)15-9-11-24-12-10-15)17(25)8-7-14-5-3-4-6-16(14)23/h3-9,13,24,26H,10-12H2,1-2H3/b8-7+. The van der Waals surface area contributed by atoms with E-state index in [2.05, 4.69) is 5.32 Å². The molecule has 0 saturated carbocycles. The van der Waals surface area contributed by atoms with E-state index in [1.54, 1.807) is 18.2 Å². The van der Waals surface area contributed by atoms with E-state index in [-0.39, 0.29) is 22.8 Å². The van der Waals surface area contributed by atoms with Crippen LogP contribution in [0.25, 0.3) is 11.6 Å². The summed E-state index contributed by atoms with van der Waals surface area (Å²) < 4.78 is 10.8. The summed E-state index contributed by atoms with van der Waals surface area (Å²) in [4.78, 5) is 12.9. The van der Waals surface area contributed by atoms with Crippen LogP contribution in [0.15, 0.2) is 42.5 Å². The van der Waals surface area contributed by atoms with Crippen molar-refractivity contribution in [2.24, 2.45) is 0 Å². The van der Waals surface area contributed by atoms with E-state index in [9.17, 15) is 9.90 Å². The zero-order valence-electron chi connectivity index (χ0n) is 15.8. The van der Waals surface area contributed by atoms with Crippen molar-refractivity contribution < 1.29 is 19.4 Å². The van der Waals surface area contributed by atoms with Gasteiger partial charge in [-0.2, -0.15) is 0 Å². The van der Waals surface area contributed by atoms with Crippen LogP contribution >= 0.6 is 11.6 Å². The number of hydrogen-bond donors (Lipinski definition) is 2. The second kappa shape index (κ2) is 8.95. The summed E-state index contributed by atoms with van der Waals surface area (Å²) in [6.45, 7) is 1.48. The Hall–Kier alpha value is -2.76. The third-order valence-corrected chi connectivity index (χ3v) is 4.96. The highest BCUT2D eigenvalue weighted by atomic mass is 35.5. The molecule has 6 heteroatoms. The van der Waals surface area contributed by atoms with Crippen LogP contribution in [0.1, 0.15) is 27.9 Å². The predicted molar refractivity (Wildman–Crippen MR) is 111 cm³/mol. The van der Waals surface area contributed by atoms with Gasteiger partial charge in [0.25, 0.3) is 0 Å². The molecule has 5 nitrogen and oxygen atoms in total. The molecule has 0 atom stereocenters. The molecule has 0 aromatic heterocycles. The van der Waals surface area contributed by atoms with Gasteiger partial charge in [-0.15, -0.1) is 0 Å². The molecule has 0 aliphatic carbocycles. The molecule has 28 heavy (non-hydrogen) atoms. The van der Waals surface area contributed by atoms with Crippen LogP contribution in [0.3, 0.4) is 0 Å². The van der Waals surface area contributed by atoms with Gasteiger partial charge in [-0.3, -0.25) is 4.79 Å². The summed E-state index contributed by atoms with van der Waals surface area (Å²) in [5.41, 5.74) is 2.27. The van der Waals surface area contributed by atoms with Crippen molar-refractivity contribution in [2.75, 3.05) is 27.3 Å². The van der Waals surface area contributed by atoms with E-state index in [1.165, 1.54) is 20.3 Å². The number of phenols is 1. The van der Waals surface area contributed by atoms with Crippen molar-refractivity contribution in [1.29, 1.82) is 0 Å². The van der Waals surface area contributed by atoms with Gasteiger partial charge in [0.2, 0.25) is 0 Å². The largest absolute Gasteiger partial charge is 0.506 e. The molecule has 0 amide bonds. The van der Waals surface area contributed by atoms with Gasteiger partial charge in [0, 0.05) is 17.6 Å². The number of aromatic hydroxyl groups is 1. The smallest absolute Gasteiger partial charge is 0.193 e. The zero-order valence-corrected chi connectivity index (χ0v) is 16.5. The molecule has 0 saturated heterocycles. The fraction of sp³-hybridized carbons (Fsp3) is 0.227. The van der Waals surface area contributed by atoms with Crippen LogP contribution in [-0.2, 0) is 0 Å². The lowest BCUT2D eigenvalue weighted by atomic mass is 9.93. The monoisotopic (exact) mass is 399 g/mol. The molecule has 1 heterocycles. The number of carbonyl (C=O) groups excluding carboxylic acids is 1. The van der Waals surface area contributed by atoms with Crippen molar-refractivity contribution in [1.82, 2.24) is 5.32 Å². The number of ketones is 1. The Labute approximate surface area is 169 Å². The highest BCUT2D eigenvalue weighted by Crippen LogP contribution is 2.43. The van der Waals surface area contributed by atoms with E-state index in [4.69, 9.17) is 21.1 Å². The first-order valence-corrected chi connectivity index (χ1v) is 9.29. The summed E-state index contributed by atoms with van der Waals surface area (Å²) in [6, 6.07) is 8.85. The number of nitrogens with one attached hydrogen (secondary N) is 1. The Balaban J connectivity index is 2.07. The van der Waals surface area contributed by atoms with Crippen molar-refractivity contribution in [3.05, 3.63) is 64.2 Å². The van der Waals surface area contributed by atoms with Crippen molar-refractivity contribution in [2.45, 2.75) is 6.42 Å². The number of hydrogen-bond acceptors (Lipinski definition) is 5. The van der Waals surface area contributed by atoms with Gasteiger partial charge in [0.05, 0.1) is 19.8 Å². The highest BCUT2D eigenvalue weighted by molar-refractivity contribution is 6.32. The van der Waals surface area contributed by atoms with E-state index in [0.29, 0.717) is 28.4 Å². The molecule has 0 radical (unpaired) electrons. The summed E-state index contributed by atoms with van der Waals surface area (Å²) in [6.07, 6.45) is 5.71. The van der Waals surface area contributed by atoms with E-state index in [1.807, 2.05) is 24.3 Å². The number of rotatable bonds is 6. The third-order valence-electron chi connectivity index (χ3n) is 4.62. The summed E-state index contributed by atoms with van der Waals surface area (Å²) in [5, 5.41) is 14.8. The highest BCUT2D eigenvalue weighted by Gasteiger charge is 2.25. The number of carbonyl (C=O) groups is 1. The van der Waals surface area contributed by atoms with Crippen molar-refractivity contribution in [3.8, 4) is 17.2 Å². The molecule has 0 unspecified atom stereocenters. The molecule has 2 aromatic rings. The van der Waals surface area contributed by atoms with E-state index >= 15 is 0 Å². The average molecular weight is 400 g/mol. The Kier molecular flexibility index (Phi) is 6.39. The molecule has 2 aromatic carbocycles. The molecule has 1 aliphatic heterocycles. The van der Waals surface area contributed by atoms with Gasteiger partial charge in [0.1, 0.15) is 22.8 Å². The lowest BCUT2D eigenvalue weighted by Gasteiger charge is -2.20. The van der Waals surface area contributed by atoms with Gasteiger partial charge >= 0.3 is 0 Å². The van der Waals surface area contributed by atoms with Crippen LogP contribution in [0.4, 0.5) is 0 Å². The number of allylic oxidation sites excluding steroid dienone is 1. The normalized spacial score (nSPS) is 14.0. The summed E-state index contributed by atoms with van der Waals surface area (Å²) >= 11 is 6.14. The maximum absolute atomic E-state index is 12.9. The van der Waals surface area contributed by atoms with Gasteiger partial charge in [-0.25, -0.2) is 0 Å². The Bertz CT molecular complexity index is 950.